The summed E-state index contributed by atoms with van der Waals surface area (Å²) in [7, 11) is 0. The number of anilines is 1. The van der Waals surface area contributed by atoms with E-state index in [1.807, 2.05) is 19.2 Å². The Morgan fingerprint density at radius 1 is 1.50 bits per heavy atom. The monoisotopic (exact) mass is 252 g/mol. The van der Waals surface area contributed by atoms with Crippen LogP contribution < -0.4 is 5.73 Å². The van der Waals surface area contributed by atoms with Gasteiger partial charge in [0, 0.05) is 6.20 Å². The van der Waals surface area contributed by atoms with Gasteiger partial charge in [-0.3, -0.25) is 0 Å². The van der Waals surface area contributed by atoms with Crippen molar-refractivity contribution in [3.05, 3.63) is 34.7 Å². The molecule has 0 atom stereocenters. The maximum Gasteiger partial charge on any atom is 0.167 e. The summed E-state index contributed by atoms with van der Waals surface area (Å²) in [6.07, 6.45) is 3.47. The molecule has 2 N–H and O–H groups in total. The van der Waals surface area contributed by atoms with Crippen LogP contribution >= 0.6 is 15.9 Å². The zero-order chi connectivity index (χ0) is 10.1. The van der Waals surface area contributed by atoms with Crippen LogP contribution in [0.15, 0.2) is 29.0 Å². The van der Waals surface area contributed by atoms with Crippen LogP contribution in [0.2, 0.25) is 0 Å². The van der Waals surface area contributed by atoms with Gasteiger partial charge in [0.1, 0.15) is 0 Å². The van der Waals surface area contributed by atoms with E-state index in [-0.39, 0.29) is 0 Å². The third-order valence-electron chi connectivity index (χ3n) is 1.78. The van der Waals surface area contributed by atoms with Gasteiger partial charge < -0.3 is 5.73 Å². The smallest absolute Gasteiger partial charge is 0.167 e. The highest BCUT2D eigenvalue weighted by molar-refractivity contribution is 9.10. The number of rotatable bonds is 1. The van der Waals surface area contributed by atoms with E-state index in [2.05, 4.69) is 26.0 Å². The highest BCUT2D eigenvalue weighted by Gasteiger charge is 2.04. The average molecular weight is 253 g/mol. The molecule has 0 aliphatic carbocycles. The van der Waals surface area contributed by atoms with Gasteiger partial charge in [-0.25, -0.2) is 9.67 Å². The van der Waals surface area contributed by atoms with Gasteiger partial charge in [-0.1, -0.05) is 0 Å². The first-order chi connectivity index (χ1) is 6.66. The number of pyridine rings is 1. The summed E-state index contributed by atoms with van der Waals surface area (Å²) in [4.78, 5) is 4.19. The zero-order valence-electron chi connectivity index (χ0n) is 7.61. The number of hydrogen-bond acceptors (Lipinski definition) is 3. The lowest BCUT2D eigenvalue weighted by atomic mass is 10.4. The summed E-state index contributed by atoms with van der Waals surface area (Å²) in [5.74, 6) is 0.743. The minimum atomic E-state index is 0.629. The van der Waals surface area contributed by atoms with Crippen molar-refractivity contribution >= 4 is 21.6 Å². The van der Waals surface area contributed by atoms with E-state index < -0.39 is 0 Å². The number of aromatic nitrogens is 3. The summed E-state index contributed by atoms with van der Waals surface area (Å²) in [6, 6.07) is 3.73. The van der Waals surface area contributed by atoms with Crippen LogP contribution in [0.3, 0.4) is 0 Å². The van der Waals surface area contributed by atoms with E-state index in [1.165, 1.54) is 0 Å². The van der Waals surface area contributed by atoms with Crippen molar-refractivity contribution < 1.29 is 0 Å². The second-order valence-electron chi connectivity index (χ2n) is 2.98. The van der Waals surface area contributed by atoms with Crippen LogP contribution in [0.1, 0.15) is 5.69 Å². The second-order valence-corrected chi connectivity index (χ2v) is 3.83. The first-order valence-corrected chi connectivity index (χ1v) is 4.90. The molecule has 0 aromatic carbocycles. The van der Waals surface area contributed by atoms with Gasteiger partial charge in [0.05, 0.1) is 22.1 Å². The van der Waals surface area contributed by atoms with E-state index in [4.69, 9.17) is 5.73 Å². The fourth-order valence-corrected chi connectivity index (χ4v) is 1.70. The maximum atomic E-state index is 5.59. The Hall–Kier alpha value is -1.36. The SMILES string of the molecule is Cc1ccn(-c2ncc(N)cc2Br)n1. The molecule has 2 aromatic rings. The predicted octanol–water partition coefficient (Wildman–Crippen LogP) is 1.92. The fourth-order valence-electron chi connectivity index (χ4n) is 1.15. The molecule has 0 saturated carbocycles. The summed E-state index contributed by atoms with van der Waals surface area (Å²) in [5.41, 5.74) is 7.17. The topological polar surface area (TPSA) is 56.7 Å². The van der Waals surface area contributed by atoms with Gasteiger partial charge >= 0.3 is 0 Å². The second kappa shape index (κ2) is 3.42. The molecule has 0 spiro atoms. The van der Waals surface area contributed by atoms with Crippen molar-refractivity contribution in [3.63, 3.8) is 0 Å². The first kappa shape index (κ1) is 9.21. The zero-order valence-corrected chi connectivity index (χ0v) is 9.19. The lowest BCUT2D eigenvalue weighted by Gasteiger charge is -2.03. The average Bonchev–Trinajstić information content (AvgIpc) is 2.51. The minimum Gasteiger partial charge on any atom is -0.397 e. The molecule has 2 aromatic heterocycles. The largest absolute Gasteiger partial charge is 0.397 e. The Kier molecular flexibility index (Phi) is 2.25. The van der Waals surface area contributed by atoms with Crippen molar-refractivity contribution in [2.75, 3.05) is 5.73 Å². The van der Waals surface area contributed by atoms with Gasteiger partial charge in [-0.05, 0) is 35.0 Å². The van der Waals surface area contributed by atoms with Crippen molar-refractivity contribution in [3.8, 4) is 5.82 Å². The summed E-state index contributed by atoms with van der Waals surface area (Å²) >= 11 is 3.39. The van der Waals surface area contributed by atoms with Gasteiger partial charge in [-0.15, -0.1) is 0 Å². The molecule has 0 fully saturated rings. The molecule has 0 radical (unpaired) electrons. The van der Waals surface area contributed by atoms with Crippen LogP contribution in [-0.4, -0.2) is 14.8 Å². The first-order valence-electron chi connectivity index (χ1n) is 4.10. The van der Waals surface area contributed by atoms with E-state index in [9.17, 15) is 0 Å². The number of nitrogen functional groups attached to an aromatic ring is 1. The highest BCUT2D eigenvalue weighted by atomic mass is 79.9. The summed E-state index contributed by atoms with van der Waals surface area (Å²) in [5, 5.41) is 4.25. The van der Waals surface area contributed by atoms with Crippen molar-refractivity contribution in [2.24, 2.45) is 0 Å². The molecule has 0 amide bonds. The number of aryl methyl sites for hydroxylation is 1. The van der Waals surface area contributed by atoms with E-state index in [0.717, 1.165) is 16.0 Å². The molecule has 72 valence electrons. The standard InChI is InChI=1S/C9H9BrN4/c1-6-2-3-14(13-6)9-8(10)4-7(11)5-12-9/h2-5H,11H2,1H3. The molecule has 0 aliphatic heterocycles. The van der Waals surface area contributed by atoms with Crippen molar-refractivity contribution in [2.45, 2.75) is 6.92 Å². The summed E-state index contributed by atoms with van der Waals surface area (Å²) in [6.45, 7) is 1.93. The Balaban J connectivity index is 2.52. The van der Waals surface area contributed by atoms with E-state index >= 15 is 0 Å². The molecule has 0 bridgehead atoms. The Bertz CT molecular complexity index is 464. The van der Waals surface area contributed by atoms with Crippen molar-refractivity contribution in [1.29, 1.82) is 0 Å². The van der Waals surface area contributed by atoms with Crippen LogP contribution in [-0.2, 0) is 0 Å². The normalized spacial score (nSPS) is 10.4. The molecular weight excluding hydrogens is 244 g/mol. The number of halogens is 1. The van der Waals surface area contributed by atoms with Gasteiger partial charge in [0.2, 0.25) is 0 Å². The molecule has 5 heteroatoms. The van der Waals surface area contributed by atoms with Gasteiger partial charge in [0.25, 0.3) is 0 Å². The third-order valence-corrected chi connectivity index (χ3v) is 2.37. The number of nitrogens with zero attached hydrogens (tertiary/aromatic N) is 3. The molecule has 0 unspecified atom stereocenters. The third kappa shape index (κ3) is 1.63. The molecular formula is C9H9BrN4. The van der Waals surface area contributed by atoms with Crippen LogP contribution in [0, 0.1) is 6.92 Å². The number of nitrogens with two attached hydrogens (primary N) is 1. The Morgan fingerprint density at radius 2 is 2.29 bits per heavy atom. The Labute approximate surface area is 89.9 Å². The predicted molar refractivity (Wildman–Crippen MR) is 58.2 cm³/mol. The molecule has 14 heavy (non-hydrogen) atoms. The number of hydrogen-bond donors (Lipinski definition) is 1. The van der Waals surface area contributed by atoms with Gasteiger partial charge in [-0.2, -0.15) is 5.10 Å². The lowest BCUT2D eigenvalue weighted by Crippen LogP contribution is -2.00. The molecule has 2 rings (SSSR count). The van der Waals surface area contributed by atoms with Gasteiger partial charge in [0.15, 0.2) is 5.82 Å². The summed E-state index contributed by atoms with van der Waals surface area (Å²) < 4.78 is 2.54. The minimum absolute atomic E-state index is 0.629. The molecule has 4 nitrogen and oxygen atoms in total. The lowest BCUT2D eigenvalue weighted by molar-refractivity contribution is 0.828. The molecule has 0 saturated heterocycles. The van der Waals surface area contributed by atoms with E-state index in [0.29, 0.717) is 5.69 Å². The quantitative estimate of drug-likeness (QED) is 0.844. The maximum absolute atomic E-state index is 5.59. The fraction of sp³-hybridized carbons (Fsp3) is 0.111. The van der Waals surface area contributed by atoms with E-state index in [1.54, 1.807) is 16.9 Å². The van der Waals surface area contributed by atoms with Crippen LogP contribution in [0.5, 0.6) is 0 Å². The molecule has 2 heterocycles. The Morgan fingerprint density at radius 3 is 2.86 bits per heavy atom. The van der Waals surface area contributed by atoms with Crippen LogP contribution in [0.25, 0.3) is 5.82 Å². The molecule has 0 aliphatic rings. The van der Waals surface area contributed by atoms with Crippen molar-refractivity contribution in [1.82, 2.24) is 14.8 Å². The van der Waals surface area contributed by atoms with Crippen LogP contribution in [0.4, 0.5) is 5.69 Å². The highest BCUT2D eigenvalue weighted by Crippen LogP contribution is 2.20.